The lowest BCUT2D eigenvalue weighted by Gasteiger charge is -2.08. The predicted octanol–water partition coefficient (Wildman–Crippen LogP) is 4.20. The molecule has 0 bridgehead atoms. The summed E-state index contributed by atoms with van der Waals surface area (Å²) >= 11 is 1.93. The second-order valence-corrected chi connectivity index (χ2v) is 6.32. The highest BCUT2D eigenvalue weighted by Crippen LogP contribution is 2.42. The van der Waals surface area contributed by atoms with Crippen LogP contribution in [-0.4, -0.2) is 15.4 Å². The minimum absolute atomic E-state index is 0.330. The Morgan fingerprint density at radius 3 is 2.90 bits per heavy atom. The van der Waals surface area contributed by atoms with Gasteiger partial charge in [0.15, 0.2) is 0 Å². The molecule has 2 nitrogen and oxygen atoms in total. The molecule has 100 valence electrons. The highest BCUT2D eigenvalue weighted by molar-refractivity contribution is 7.99. The number of nitrogens with zero attached hydrogens (tertiary/aromatic N) is 1. The molecule has 2 aromatic carbocycles. The Bertz CT molecular complexity index is 819. The summed E-state index contributed by atoms with van der Waals surface area (Å²) in [6.07, 6.45) is 1.07. The molecule has 2 heterocycles. The zero-order chi connectivity index (χ0) is 13.7. The van der Waals surface area contributed by atoms with E-state index in [0.29, 0.717) is 5.75 Å². The first-order valence-electron chi connectivity index (χ1n) is 6.78. The molecule has 0 radical (unpaired) electrons. The van der Waals surface area contributed by atoms with Gasteiger partial charge in [-0.2, -0.15) is 0 Å². The summed E-state index contributed by atoms with van der Waals surface area (Å²) in [5.41, 5.74) is 5.12. The lowest BCUT2D eigenvalue weighted by atomic mass is 10.0. The minimum Gasteiger partial charge on any atom is -0.508 e. The van der Waals surface area contributed by atoms with E-state index in [-0.39, 0.29) is 0 Å². The molecule has 0 amide bonds. The predicted molar refractivity (Wildman–Crippen MR) is 84.4 cm³/mol. The molecule has 20 heavy (non-hydrogen) atoms. The molecule has 1 N–H and O–H groups in total. The molecular formula is C17H15NOS. The van der Waals surface area contributed by atoms with Gasteiger partial charge >= 0.3 is 0 Å². The zero-order valence-corrected chi connectivity index (χ0v) is 12.1. The standard InChI is InChI=1S/C17H15NOS/c1-18-15-10-11(19)6-7-12(15)13-8-9-20-16-5-3-2-4-14(16)17(13)18/h2-7,10,19H,8-9H2,1H3. The molecule has 0 fully saturated rings. The summed E-state index contributed by atoms with van der Waals surface area (Å²) in [6, 6.07) is 14.3. The summed E-state index contributed by atoms with van der Waals surface area (Å²) in [5, 5.41) is 11.0. The van der Waals surface area contributed by atoms with Gasteiger partial charge < -0.3 is 9.67 Å². The fourth-order valence-electron chi connectivity index (χ4n) is 3.15. The van der Waals surface area contributed by atoms with Crippen LogP contribution >= 0.6 is 11.8 Å². The van der Waals surface area contributed by atoms with E-state index in [1.54, 1.807) is 6.07 Å². The molecule has 1 aliphatic heterocycles. The summed E-state index contributed by atoms with van der Waals surface area (Å²) in [5.74, 6) is 1.43. The molecule has 0 aliphatic carbocycles. The fourth-order valence-corrected chi connectivity index (χ4v) is 4.17. The van der Waals surface area contributed by atoms with Gasteiger partial charge in [0.2, 0.25) is 0 Å². The van der Waals surface area contributed by atoms with Crippen molar-refractivity contribution in [2.75, 3.05) is 5.75 Å². The van der Waals surface area contributed by atoms with Gasteiger partial charge in [0.05, 0.1) is 11.2 Å². The van der Waals surface area contributed by atoms with E-state index in [9.17, 15) is 5.11 Å². The molecule has 0 saturated heterocycles. The third-order valence-electron chi connectivity index (χ3n) is 4.04. The third-order valence-corrected chi connectivity index (χ3v) is 5.12. The van der Waals surface area contributed by atoms with Crippen molar-refractivity contribution in [3.63, 3.8) is 0 Å². The number of aromatic nitrogens is 1. The van der Waals surface area contributed by atoms with Gasteiger partial charge in [0.25, 0.3) is 0 Å². The normalized spacial score (nSPS) is 13.8. The van der Waals surface area contributed by atoms with Crippen LogP contribution in [0.3, 0.4) is 0 Å². The topological polar surface area (TPSA) is 25.2 Å². The SMILES string of the molecule is Cn1c2c(c3ccc(O)cc31)CCSc1ccccc1-2. The molecule has 0 spiro atoms. The Balaban J connectivity index is 2.14. The Kier molecular flexibility index (Phi) is 2.57. The van der Waals surface area contributed by atoms with Crippen LogP contribution < -0.4 is 0 Å². The molecule has 3 aromatic rings. The molecular weight excluding hydrogens is 266 g/mol. The number of phenolic OH excluding ortho intramolecular Hbond substituents is 1. The van der Waals surface area contributed by atoms with Crippen LogP contribution in [0.5, 0.6) is 5.75 Å². The lowest BCUT2D eigenvalue weighted by Crippen LogP contribution is -1.93. The number of benzene rings is 2. The van der Waals surface area contributed by atoms with Gasteiger partial charge in [-0.3, -0.25) is 0 Å². The average molecular weight is 281 g/mol. The molecule has 1 aromatic heterocycles. The van der Waals surface area contributed by atoms with Gasteiger partial charge in [-0.25, -0.2) is 0 Å². The van der Waals surface area contributed by atoms with Crippen LogP contribution in [0.25, 0.3) is 22.2 Å². The quantitative estimate of drug-likeness (QED) is 0.668. The van der Waals surface area contributed by atoms with E-state index in [1.165, 1.54) is 27.1 Å². The number of thioether (sulfide) groups is 1. The lowest BCUT2D eigenvalue weighted by molar-refractivity contribution is 0.476. The number of aromatic hydroxyl groups is 1. The smallest absolute Gasteiger partial charge is 0.117 e. The van der Waals surface area contributed by atoms with E-state index in [1.807, 2.05) is 23.9 Å². The van der Waals surface area contributed by atoms with Crippen LogP contribution in [0.1, 0.15) is 5.56 Å². The Hall–Kier alpha value is -1.87. The first kappa shape index (κ1) is 11.9. The van der Waals surface area contributed by atoms with Crippen molar-refractivity contribution in [1.82, 2.24) is 4.57 Å². The molecule has 0 atom stereocenters. The summed E-state index contributed by atoms with van der Waals surface area (Å²) in [6.45, 7) is 0. The van der Waals surface area contributed by atoms with E-state index in [0.717, 1.165) is 17.7 Å². The van der Waals surface area contributed by atoms with Crippen LogP contribution in [0.15, 0.2) is 47.4 Å². The average Bonchev–Trinajstić information content (AvgIpc) is 2.62. The second-order valence-electron chi connectivity index (χ2n) is 5.18. The number of hydrogen-bond donors (Lipinski definition) is 1. The Labute approximate surface area is 122 Å². The highest BCUT2D eigenvalue weighted by Gasteiger charge is 2.21. The molecule has 0 unspecified atom stereocenters. The highest BCUT2D eigenvalue weighted by atomic mass is 32.2. The zero-order valence-electron chi connectivity index (χ0n) is 11.3. The van der Waals surface area contributed by atoms with E-state index >= 15 is 0 Å². The number of rotatable bonds is 0. The summed E-state index contributed by atoms with van der Waals surface area (Å²) in [4.78, 5) is 1.35. The number of hydrogen-bond acceptors (Lipinski definition) is 2. The fraction of sp³-hybridized carbons (Fsp3) is 0.176. The van der Waals surface area contributed by atoms with Crippen LogP contribution in [0.4, 0.5) is 0 Å². The summed E-state index contributed by atoms with van der Waals surface area (Å²) in [7, 11) is 2.09. The maximum absolute atomic E-state index is 9.75. The van der Waals surface area contributed by atoms with Crippen molar-refractivity contribution in [2.45, 2.75) is 11.3 Å². The van der Waals surface area contributed by atoms with Crippen LogP contribution in [0, 0.1) is 0 Å². The minimum atomic E-state index is 0.330. The second kappa shape index (κ2) is 4.32. The number of fused-ring (bicyclic) bond motifs is 5. The third kappa shape index (κ3) is 1.59. The van der Waals surface area contributed by atoms with Crippen molar-refractivity contribution >= 4 is 22.7 Å². The first-order valence-corrected chi connectivity index (χ1v) is 7.77. The van der Waals surface area contributed by atoms with Gasteiger partial charge in [0.1, 0.15) is 5.75 Å². The van der Waals surface area contributed by atoms with Crippen LogP contribution in [-0.2, 0) is 13.5 Å². The molecule has 4 rings (SSSR count). The molecule has 1 aliphatic rings. The Morgan fingerprint density at radius 1 is 1.15 bits per heavy atom. The Morgan fingerprint density at radius 2 is 2.00 bits per heavy atom. The van der Waals surface area contributed by atoms with E-state index in [4.69, 9.17) is 0 Å². The number of phenols is 1. The molecule has 3 heteroatoms. The van der Waals surface area contributed by atoms with Crippen molar-refractivity contribution in [2.24, 2.45) is 7.05 Å². The van der Waals surface area contributed by atoms with Crippen molar-refractivity contribution < 1.29 is 5.11 Å². The number of aryl methyl sites for hydroxylation is 2. The van der Waals surface area contributed by atoms with E-state index in [2.05, 4.69) is 35.9 Å². The maximum Gasteiger partial charge on any atom is 0.117 e. The first-order chi connectivity index (χ1) is 9.75. The summed E-state index contributed by atoms with van der Waals surface area (Å²) < 4.78 is 2.22. The van der Waals surface area contributed by atoms with E-state index < -0.39 is 0 Å². The van der Waals surface area contributed by atoms with Crippen LogP contribution in [0.2, 0.25) is 0 Å². The van der Waals surface area contributed by atoms with Crippen molar-refractivity contribution in [1.29, 1.82) is 0 Å². The molecule has 0 saturated carbocycles. The monoisotopic (exact) mass is 281 g/mol. The van der Waals surface area contributed by atoms with Crippen molar-refractivity contribution in [3.8, 4) is 17.0 Å². The van der Waals surface area contributed by atoms with Gasteiger partial charge in [-0.1, -0.05) is 18.2 Å². The van der Waals surface area contributed by atoms with Gasteiger partial charge in [-0.15, -0.1) is 11.8 Å². The maximum atomic E-state index is 9.75. The largest absolute Gasteiger partial charge is 0.508 e. The van der Waals surface area contributed by atoms with Gasteiger partial charge in [-0.05, 0) is 30.2 Å². The van der Waals surface area contributed by atoms with Gasteiger partial charge in [0, 0.05) is 34.7 Å². The van der Waals surface area contributed by atoms with Crippen molar-refractivity contribution in [3.05, 3.63) is 48.0 Å².